The van der Waals surface area contributed by atoms with Crippen LogP contribution in [0.25, 0.3) is 0 Å². The van der Waals surface area contributed by atoms with Crippen molar-refractivity contribution in [2.24, 2.45) is 0 Å². The van der Waals surface area contributed by atoms with E-state index >= 15 is 0 Å². The Morgan fingerprint density at radius 1 is 1.16 bits per heavy atom. The molecule has 2 N–H and O–H groups in total. The molecule has 0 saturated heterocycles. The third-order valence-corrected chi connectivity index (χ3v) is 4.71. The van der Waals surface area contributed by atoms with Crippen LogP contribution in [-0.4, -0.2) is 26.0 Å². The van der Waals surface area contributed by atoms with Crippen molar-refractivity contribution in [3.05, 3.63) is 57.3 Å². The van der Waals surface area contributed by atoms with E-state index in [4.69, 9.17) is 5.84 Å². The number of aromatic nitrogens is 1. The molecule has 0 atom stereocenters. The van der Waals surface area contributed by atoms with E-state index in [2.05, 4.69) is 20.7 Å². The number of benzene rings is 1. The van der Waals surface area contributed by atoms with Crippen molar-refractivity contribution in [1.82, 2.24) is 0 Å². The van der Waals surface area contributed by atoms with Gasteiger partial charge in [-0.25, -0.2) is 19.1 Å². The van der Waals surface area contributed by atoms with Crippen LogP contribution in [0.1, 0.15) is 27.0 Å². The molecule has 7 nitrogen and oxygen atoms in total. The summed E-state index contributed by atoms with van der Waals surface area (Å²) in [4.78, 5) is 10.9. The summed E-state index contributed by atoms with van der Waals surface area (Å²) < 4.78 is 39.0. The smallest absolute Gasteiger partial charge is 0.344 e. The number of carbonyl (C=O) groups excluding carboxylic acids is 1. The van der Waals surface area contributed by atoms with Crippen LogP contribution in [0.2, 0.25) is 0 Å². The maximum absolute atomic E-state index is 11.0. The predicted molar refractivity (Wildman–Crippen MR) is 94.4 cm³/mol. The second-order valence-corrected chi connectivity index (χ2v) is 7.60. The van der Waals surface area contributed by atoms with Gasteiger partial charge in [0.25, 0.3) is 0 Å². The zero-order valence-corrected chi connectivity index (χ0v) is 16.6. The molecule has 2 rings (SSSR count). The van der Waals surface area contributed by atoms with Gasteiger partial charge in [0.2, 0.25) is 12.4 Å². The summed E-state index contributed by atoms with van der Waals surface area (Å²) in [7, 11) is -3.01. The third kappa shape index (κ3) is 6.11. The van der Waals surface area contributed by atoms with Crippen LogP contribution in [0, 0.1) is 20.8 Å². The number of rotatable bonds is 2. The van der Waals surface area contributed by atoms with Gasteiger partial charge in [-0.2, -0.15) is 0 Å². The maximum atomic E-state index is 11.0. The summed E-state index contributed by atoms with van der Waals surface area (Å²) in [6.45, 7) is 5.12. The number of hydrogen-bond donors (Lipinski definition) is 1. The molecule has 0 unspecified atom stereocenters. The molecular weight excluding hydrogens is 412 g/mol. The second kappa shape index (κ2) is 8.41. The summed E-state index contributed by atoms with van der Waals surface area (Å²) in [5.41, 5.74) is 2.41. The van der Waals surface area contributed by atoms with Gasteiger partial charge in [0.05, 0.1) is 16.5 Å². The molecule has 0 saturated carbocycles. The lowest BCUT2D eigenvalue weighted by Crippen LogP contribution is -2.44. The van der Waals surface area contributed by atoms with Crippen molar-refractivity contribution in [2.45, 2.75) is 25.7 Å². The number of halogens is 1. The Morgan fingerprint density at radius 3 is 2.08 bits per heavy atom. The Bertz CT molecular complexity index is 854. The van der Waals surface area contributed by atoms with Gasteiger partial charge in [0, 0.05) is 0 Å². The number of aryl methyl sites for hydroxylation is 3. The molecule has 0 aliphatic heterocycles. The van der Waals surface area contributed by atoms with Crippen molar-refractivity contribution in [1.29, 1.82) is 0 Å². The minimum absolute atomic E-state index is 0.0851. The lowest BCUT2D eigenvalue weighted by atomic mass is 10.1. The number of carbonyl (C=O) groups is 1. The Morgan fingerprint density at radius 2 is 1.68 bits per heavy atom. The number of nitrogens with zero attached hydrogens (tertiary/aromatic N) is 1. The minimum Gasteiger partial charge on any atom is -0.744 e. The van der Waals surface area contributed by atoms with E-state index < -0.39 is 16.1 Å². The van der Waals surface area contributed by atoms with Gasteiger partial charge in [-0.1, -0.05) is 22.4 Å². The Kier molecular flexibility index (Phi) is 7.09. The summed E-state index contributed by atoms with van der Waals surface area (Å²) >= 11 is 3.20. The van der Waals surface area contributed by atoms with E-state index in [1.165, 1.54) is 18.0 Å². The number of methoxy groups -OCH3 is 1. The molecule has 0 radical (unpaired) electrons. The van der Waals surface area contributed by atoms with Gasteiger partial charge >= 0.3 is 5.97 Å². The van der Waals surface area contributed by atoms with Gasteiger partial charge in [-0.3, -0.25) is 0 Å². The third-order valence-electron chi connectivity index (χ3n) is 3.13. The van der Waals surface area contributed by atoms with E-state index in [-0.39, 0.29) is 4.90 Å². The molecule has 0 spiro atoms. The predicted octanol–water partition coefficient (Wildman–Crippen LogP) is 1.75. The molecule has 0 amide bonds. The molecule has 2 aromatic rings. The summed E-state index contributed by atoms with van der Waals surface area (Å²) in [5, 5.41) is 0. The van der Waals surface area contributed by atoms with Crippen LogP contribution >= 0.6 is 15.9 Å². The summed E-state index contributed by atoms with van der Waals surface area (Å²) in [6, 6.07) is 5.02. The zero-order chi connectivity index (χ0) is 19.4. The van der Waals surface area contributed by atoms with Crippen LogP contribution in [0.4, 0.5) is 0 Å². The van der Waals surface area contributed by atoms with Crippen LogP contribution < -0.4 is 10.5 Å². The molecule has 25 heavy (non-hydrogen) atoms. The zero-order valence-electron chi connectivity index (χ0n) is 14.2. The Balaban J connectivity index is 0.000000251. The highest BCUT2D eigenvalue weighted by Crippen LogP contribution is 2.20. The first kappa shape index (κ1) is 21.1. The SMILES string of the molecule is COC(=O)c1cc(Br)c[n+](N)c1.Cc1cc(C)c(S(=O)(=O)[O-])c(C)c1. The van der Waals surface area contributed by atoms with E-state index in [1.54, 1.807) is 38.2 Å². The van der Waals surface area contributed by atoms with Crippen molar-refractivity contribution in [3.63, 3.8) is 0 Å². The molecule has 0 bridgehead atoms. The van der Waals surface area contributed by atoms with Gasteiger partial charge in [-0.15, -0.1) is 0 Å². The molecule has 1 heterocycles. The van der Waals surface area contributed by atoms with Crippen LogP contribution in [0.5, 0.6) is 0 Å². The number of nitrogen functional groups attached to an aromatic ring is 1. The standard InChI is InChI=1S/C9H12O3S.C7H8BrN2O2/c1-6-4-7(2)9(8(3)5-6)13(10,11)12;1-12-7(11)5-2-6(8)4-10(9)3-5/h4-5H,1-3H3,(H,10,11,12);2-4H,9H2,1H3/q;+1/p-1. The molecular formula is C16H19BrN2O5S. The van der Waals surface area contributed by atoms with Crippen molar-refractivity contribution >= 4 is 32.0 Å². The Hall–Kier alpha value is -1.97. The average molecular weight is 431 g/mol. The lowest BCUT2D eigenvalue weighted by molar-refractivity contribution is -0.639. The number of hydrogen-bond acceptors (Lipinski definition) is 6. The molecule has 136 valence electrons. The average Bonchev–Trinajstić information content (AvgIpc) is 2.43. The van der Waals surface area contributed by atoms with E-state index in [9.17, 15) is 17.8 Å². The first-order valence-electron chi connectivity index (χ1n) is 7.04. The quantitative estimate of drug-likeness (QED) is 0.336. The van der Waals surface area contributed by atoms with Gasteiger partial charge in [-0.05, 0) is 53.9 Å². The van der Waals surface area contributed by atoms with Crippen LogP contribution in [-0.2, 0) is 14.9 Å². The lowest BCUT2D eigenvalue weighted by Gasteiger charge is -2.14. The largest absolute Gasteiger partial charge is 0.744 e. The van der Waals surface area contributed by atoms with Crippen molar-refractivity contribution in [3.8, 4) is 0 Å². The van der Waals surface area contributed by atoms with Gasteiger partial charge in [0.1, 0.15) is 15.7 Å². The number of esters is 1. The topological polar surface area (TPSA) is 113 Å². The van der Waals surface area contributed by atoms with Gasteiger partial charge < -0.3 is 9.29 Å². The van der Waals surface area contributed by atoms with E-state index in [1.807, 2.05) is 6.92 Å². The fraction of sp³-hybridized carbons (Fsp3) is 0.250. The highest BCUT2D eigenvalue weighted by atomic mass is 79.9. The Labute approximate surface area is 155 Å². The number of nitrogens with two attached hydrogens (primary N) is 1. The van der Waals surface area contributed by atoms with Crippen LogP contribution in [0.15, 0.2) is 40.0 Å². The van der Waals surface area contributed by atoms with E-state index in [0.29, 0.717) is 16.7 Å². The monoisotopic (exact) mass is 430 g/mol. The fourth-order valence-corrected chi connectivity index (χ4v) is 3.74. The maximum Gasteiger partial charge on any atom is 0.344 e. The second-order valence-electron chi connectivity index (χ2n) is 5.36. The first-order valence-corrected chi connectivity index (χ1v) is 9.24. The summed E-state index contributed by atoms with van der Waals surface area (Å²) in [6.07, 6.45) is 3.11. The highest BCUT2D eigenvalue weighted by Gasteiger charge is 2.11. The molecule has 9 heteroatoms. The molecule has 0 aliphatic rings. The number of pyridine rings is 1. The molecule has 0 aliphatic carbocycles. The van der Waals surface area contributed by atoms with Gasteiger partial charge in [0.15, 0.2) is 0 Å². The van der Waals surface area contributed by atoms with E-state index in [0.717, 1.165) is 10.0 Å². The summed E-state index contributed by atoms with van der Waals surface area (Å²) in [5.74, 6) is 5.02. The normalized spacial score (nSPS) is 10.6. The van der Waals surface area contributed by atoms with Crippen LogP contribution in [0.3, 0.4) is 0 Å². The molecule has 1 aromatic heterocycles. The minimum atomic E-state index is -4.33. The first-order chi connectivity index (χ1) is 11.5. The van der Waals surface area contributed by atoms with Crippen molar-refractivity contribution in [2.75, 3.05) is 13.0 Å². The highest BCUT2D eigenvalue weighted by molar-refractivity contribution is 9.10. The molecule has 1 aromatic carbocycles. The fourth-order valence-electron chi connectivity index (χ4n) is 2.35. The molecule has 0 fully saturated rings. The van der Waals surface area contributed by atoms with Crippen molar-refractivity contribution < 1.29 is 27.2 Å². The number of ether oxygens (including phenoxy) is 1.